The fourth-order valence-electron chi connectivity index (χ4n) is 1.25. The summed E-state index contributed by atoms with van der Waals surface area (Å²) < 4.78 is 5.45. The van der Waals surface area contributed by atoms with Crippen LogP contribution in [0.4, 0.5) is 0 Å². The number of rotatable bonds is 2. The van der Waals surface area contributed by atoms with Crippen molar-refractivity contribution in [1.29, 1.82) is 0 Å². The molecule has 0 aromatic heterocycles. The molecule has 1 N–H and O–H groups in total. The molecule has 1 aliphatic rings. The lowest BCUT2D eigenvalue weighted by atomic mass is 9.94. The van der Waals surface area contributed by atoms with Gasteiger partial charge in [-0.2, -0.15) is 9.12 Å². The Kier molecular flexibility index (Phi) is 3.15. The molecular formula is C6H13BO2P. The lowest BCUT2D eigenvalue weighted by molar-refractivity contribution is 0.0302. The van der Waals surface area contributed by atoms with Crippen molar-refractivity contribution in [2.45, 2.75) is 38.0 Å². The summed E-state index contributed by atoms with van der Waals surface area (Å²) >= 11 is 0. The van der Waals surface area contributed by atoms with Crippen molar-refractivity contribution in [1.82, 2.24) is 0 Å². The van der Waals surface area contributed by atoms with E-state index in [0.29, 0.717) is 0 Å². The topological polar surface area (TPSA) is 29.5 Å². The summed E-state index contributed by atoms with van der Waals surface area (Å²) in [6, 6.07) is 0.143. The fraction of sp³-hybridized carbons (Fsp3) is 1.00. The van der Waals surface area contributed by atoms with Gasteiger partial charge in [0.05, 0.1) is 12.2 Å². The molecule has 57 valence electrons. The fourth-order valence-corrected chi connectivity index (χ4v) is 1.50. The van der Waals surface area contributed by atoms with Crippen LogP contribution >= 0.6 is 9.12 Å². The Morgan fingerprint density at radius 3 is 2.80 bits per heavy atom. The molecule has 1 rings (SSSR count). The smallest absolute Gasteiger partial charge is 0.177 e. The first-order valence-electron chi connectivity index (χ1n) is 3.66. The maximum absolute atomic E-state index is 9.34. The standard InChI is InChI=1S/C6H13BO2P/c1-2-5-4(8)3-6(7-10)9-5/h4-6,8H,2-3,10H2,1H3/t4?,5-,6-/m1/s1. The van der Waals surface area contributed by atoms with Gasteiger partial charge in [0.2, 0.25) is 0 Å². The summed E-state index contributed by atoms with van der Waals surface area (Å²) in [7, 11) is 2.52. The highest BCUT2D eigenvalue weighted by molar-refractivity contribution is 7.55. The highest BCUT2D eigenvalue weighted by Crippen LogP contribution is 2.22. The minimum Gasteiger partial charge on any atom is -0.390 e. The third kappa shape index (κ3) is 1.72. The van der Waals surface area contributed by atoms with Crippen molar-refractivity contribution in [3.63, 3.8) is 0 Å². The molecule has 1 heterocycles. The van der Waals surface area contributed by atoms with Gasteiger partial charge in [-0.1, -0.05) is 6.92 Å². The Morgan fingerprint density at radius 1 is 1.80 bits per heavy atom. The number of aliphatic hydroxyl groups is 1. The van der Waals surface area contributed by atoms with Gasteiger partial charge in [-0.15, -0.1) is 0 Å². The molecule has 1 radical (unpaired) electrons. The van der Waals surface area contributed by atoms with E-state index in [-0.39, 0.29) is 18.2 Å². The Hall–Kier alpha value is 0.415. The molecule has 1 fully saturated rings. The second-order valence-electron chi connectivity index (χ2n) is 2.62. The molecule has 0 bridgehead atoms. The van der Waals surface area contributed by atoms with Gasteiger partial charge < -0.3 is 9.84 Å². The minimum atomic E-state index is -0.258. The van der Waals surface area contributed by atoms with Crippen LogP contribution in [0.1, 0.15) is 19.8 Å². The zero-order valence-electron chi connectivity index (χ0n) is 6.16. The summed E-state index contributed by atoms with van der Waals surface area (Å²) in [4.78, 5) is 0. The van der Waals surface area contributed by atoms with Crippen molar-refractivity contribution < 1.29 is 9.84 Å². The number of aliphatic hydroxyl groups excluding tert-OH is 1. The first-order chi connectivity index (χ1) is 4.77. The molecule has 0 aromatic carbocycles. The molecule has 2 unspecified atom stereocenters. The third-order valence-corrected chi connectivity index (χ3v) is 2.30. The van der Waals surface area contributed by atoms with Gasteiger partial charge in [0.15, 0.2) is 7.00 Å². The number of hydrogen-bond donors (Lipinski definition) is 1. The highest BCUT2D eigenvalue weighted by Gasteiger charge is 2.31. The predicted molar refractivity (Wildman–Crippen MR) is 45.0 cm³/mol. The Morgan fingerprint density at radius 2 is 2.50 bits per heavy atom. The van der Waals surface area contributed by atoms with Crippen molar-refractivity contribution in [2.75, 3.05) is 0 Å². The van der Waals surface area contributed by atoms with Crippen LogP contribution in [0.15, 0.2) is 0 Å². The van der Waals surface area contributed by atoms with E-state index in [0.717, 1.165) is 12.8 Å². The highest BCUT2D eigenvalue weighted by atomic mass is 31.0. The Labute approximate surface area is 64.7 Å². The van der Waals surface area contributed by atoms with E-state index in [1.54, 1.807) is 0 Å². The summed E-state index contributed by atoms with van der Waals surface area (Å²) in [5.41, 5.74) is 0. The maximum atomic E-state index is 9.34. The predicted octanol–water partition coefficient (Wildman–Crippen LogP) is 0.367. The van der Waals surface area contributed by atoms with Crippen molar-refractivity contribution in [3.8, 4) is 0 Å². The van der Waals surface area contributed by atoms with E-state index >= 15 is 0 Å². The summed E-state index contributed by atoms with van der Waals surface area (Å²) in [6.45, 7) is 3.94. The van der Waals surface area contributed by atoms with E-state index in [1.807, 2.05) is 13.9 Å². The van der Waals surface area contributed by atoms with E-state index in [2.05, 4.69) is 9.12 Å². The molecule has 4 atom stereocenters. The van der Waals surface area contributed by atoms with Crippen molar-refractivity contribution in [2.24, 2.45) is 0 Å². The molecule has 0 aromatic rings. The van der Waals surface area contributed by atoms with Crippen LogP contribution in [0.3, 0.4) is 0 Å². The van der Waals surface area contributed by atoms with Gasteiger partial charge in [0.25, 0.3) is 0 Å². The largest absolute Gasteiger partial charge is 0.390 e. The third-order valence-electron chi connectivity index (χ3n) is 1.87. The van der Waals surface area contributed by atoms with Gasteiger partial charge in [0.1, 0.15) is 0 Å². The van der Waals surface area contributed by atoms with E-state index in [1.165, 1.54) is 0 Å². The molecule has 0 aliphatic carbocycles. The van der Waals surface area contributed by atoms with Gasteiger partial charge in [-0.25, -0.2) is 0 Å². The van der Waals surface area contributed by atoms with Crippen molar-refractivity contribution in [3.05, 3.63) is 0 Å². The number of ether oxygens (including phenoxy) is 1. The summed E-state index contributed by atoms with van der Waals surface area (Å²) in [5.74, 6) is 0. The quantitative estimate of drug-likeness (QED) is 0.465. The van der Waals surface area contributed by atoms with Crippen LogP contribution in [-0.4, -0.2) is 30.3 Å². The molecule has 10 heavy (non-hydrogen) atoms. The van der Waals surface area contributed by atoms with Gasteiger partial charge in [-0.05, 0) is 12.8 Å². The SMILES string of the molecule is CC[C@H]1O[C@@H]([B]P)CC1O. The molecule has 0 amide bonds. The van der Waals surface area contributed by atoms with Crippen LogP contribution in [0.5, 0.6) is 0 Å². The molecule has 1 aliphatic heterocycles. The second kappa shape index (κ2) is 3.70. The first kappa shape index (κ1) is 8.51. The normalized spacial score (nSPS) is 40.1. The summed E-state index contributed by atoms with van der Waals surface area (Å²) in [5, 5.41) is 9.34. The average Bonchev–Trinajstić information content (AvgIpc) is 2.30. The Bertz CT molecular complexity index is 112. The molecule has 2 nitrogen and oxygen atoms in total. The molecular weight excluding hydrogens is 146 g/mol. The van der Waals surface area contributed by atoms with Crippen LogP contribution in [0, 0.1) is 0 Å². The summed E-state index contributed by atoms with van der Waals surface area (Å²) in [6.07, 6.45) is 1.45. The maximum Gasteiger partial charge on any atom is 0.177 e. The molecule has 4 heteroatoms. The second-order valence-corrected chi connectivity index (χ2v) is 3.00. The Balaban J connectivity index is 2.36. The zero-order chi connectivity index (χ0) is 7.56. The van der Waals surface area contributed by atoms with E-state index in [4.69, 9.17) is 4.74 Å². The van der Waals surface area contributed by atoms with Gasteiger partial charge in [0, 0.05) is 6.00 Å². The van der Waals surface area contributed by atoms with Crippen molar-refractivity contribution >= 4 is 16.1 Å². The molecule has 0 spiro atoms. The van der Waals surface area contributed by atoms with E-state index < -0.39 is 0 Å². The van der Waals surface area contributed by atoms with Crippen LogP contribution in [0.2, 0.25) is 0 Å². The van der Waals surface area contributed by atoms with E-state index in [9.17, 15) is 5.11 Å². The average molecular weight is 159 g/mol. The van der Waals surface area contributed by atoms with Crippen LogP contribution in [-0.2, 0) is 4.74 Å². The molecule has 0 saturated carbocycles. The van der Waals surface area contributed by atoms with Crippen LogP contribution < -0.4 is 0 Å². The lowest BCUT2D eigenvalue weighted by Gasteiger charge is -2.10. The van der Waals surface area contributed by atoms with Crippen LogP contribution in [0.25, 0.3) is 0 Å². The number of hydrogen-bond acceptors (Lipinski definition) is 2. The molecule has 1 saturated heterocycles. The minimum absolute atomic E-state index is 0.0572. The lowest BCUT2D eigenvalue weighted by Crippen LogP contribution is -2.19. The van der Waals surface area contributed by atoms with Gasteiger partial charge in [-0.3, -0.25) is 0 Å². The van der Waals surface area contributed by atoms with Gasteiger partial charge >= 0.3 is 0 Å². The monoisotopic (exact) mass is 159 g/mol. The zero-order valence-corrected chi connectivity index (χ0v) is 7.31. The first-order valence-corrected chi connectivity index (χ1v) is 4.33.